The molecule has 1 aromatic heterocycles. The molecule has 0 bridgehead atoms. The summed E-state index contributed by atoms with van der Waals surface area (Å²) in [6.45, 7) is 7.02. The van der Waals surface area contributed by atoms with Crippen LogP contribution in [-0.4, -0.2) is 44.9 Å². The highest BCUT2D eigenvalue weighted by atomic mass is 32.1. The molecule has 0 radical (unpaired) electrons. The van der Waals surface area contributed by atoms with Crippen molar-refractivity contribution in [3.8, 4) is 5.75 Å². The second kappa shape index (κ2) is 12.4. The minimum Gasteiger partial charge on any atom is -0.493 e. The number of methoxy groups -OCH3 is 1. The Morgan fingerprint density at radius 3 is 2.82 bits per heavy atom. The molecule has 0 aliphatic rings. The van der Waals surface area contributed by atoms with Crippen LogP contribution in [0.1, 0.15) is 34.4 Å². The fourth-order valence-electron chi connectivity index (χ4n) is 2.64. The summed E-state index contributed by atoms with van der Waals surface area (Å²) in [6.07, 6.45) is 4.78. The van der Waals surface area contributed by atoms with Crippen LogP contribution in [0.15, 0.2) is 29.4 Å². The largest absolute Gasteiger partial charge is 0.493 e. The summed E-state index contributed by atoms with van der Waals surface area (Å²) in [5, 5.41) is 7.88. The lowest BCUT2D eigenvalue weighted by Crippen LogP contribution is -2.37. The van der Waals surface area contributed by atoms with Crippen molar-refractivity contribution >= 4 is 17.3 Å². The normalized spacial score (nSPS) is 11.5. The second-order valence-electron chi connectivity index (χ2n) is 6.48. The van der Waals surface area contributed by atoms with Gasteiger partial charge in [0.25, 0.3) is 0 Å². The van der Waals surface area contributed by atoms with Gasteiger partial charge in [0, 0.05) is 63.3 Å². The van der Waals surface area contributed by atoms with Crippen molar-refractivity contribution in [3.63, 3.8) is 0 Å². The molecule has 7 heteroatoms. The van der Waals surface area contributed by atoms with Gasteiger partial charge in [-0.05, 0) is 25.0 Å². The highest BCUT2D eigenvalue weighted by Crippen LogP contribution is 2.20. The number of aliphatic imine (C=N–C) groups is 1. The standard InChI is InChI=1S/C21H32N4O2S/c1-5-18-15-24-20(28-18)9-10-23-21(22-3)25-14-17-8-7-16(2)13-19(17)27-12-6-11-26-4/h7-8,13,15H,5-6,9-12,14H2,1-4H3,(H2,22,23,25). The Bertz CT molecular complexity index is 746. The van der Waals surface area contributed by atoms with Crippen LogP contribution in [0, 0.1) is 6.92 Å². The number of nitrogens with zero attached hydrogens (tertiary/aromatic N) is 2. The molecule has 0 saturated heterocycles. The molecule has 28 heavy (non-hydrogen) atoms. The molecule has 0 spiro atoms. The first kappa shape index (κ1) is 22.2. The average Bonchev–Trinajstić information content (AvgIpc) is 3.17. The van der Waals surface area contributed by atoms with E-state index in [1.165, 1.54) is 10.4 Å². The van der Waals surface area contributed by atoms with Crippen LogP contribution in [0.2, 0.25) is 0 Å². The van der Waals surface area contributed by atoms with Crippen molar-refractivity contribution < 1.29 is 9.47 Å². The number of rotatable bonds is 11. The van der Waals surface area contributed by atoms with Crippen LogP contribution in [0.25, 0.3) is 0 Å². The van der Waals surface area contributed by atoms with E-state index in [2.05, 4.69) is 52.7 Å². The molecule has 0 fully saturated rings. The number of hydrogen-bond acceptors (Lipinski definition) is 5. The number of aryl methyl sites for hydroxylation is 2. The van der Waals surface area contributed by atoms with E-state index < -0.39 is 0 Å². The predicted octanol–water partition coefficient (Wildman–Crippen LogP) is 3.34. The SMILES string of the molecule is CCc1cnc(CCNC(=NC)NCc2ccc(C)cc2OCCCOC)s1. The molecule has 0 aliphatic carbocycles. The molecular formula is C21H32N4O2S. The van der Waals surface area contributed by atoms with Crippen molar-refractivity contribution in [3.05, 3.63) is 45.4 Å². The molecule has 2 aromatic rings. The fourth-order valence-corrected chi connectivity index (χ4v) is 3.50. The maximum absolute atomic E-state index is 5.95. The van der Waals surface area contributed by atoms with Gasteiger partial charge in [0.05, 0.1) is 11.6 Å². The van der Waals surface area contributed by atoms with Crippen LogP contribution in [0.3, 0.4) is 0 Å². The van der Waals surface area contributed by atoms with Crippen molar-refractivity contribution in [1.29, 1.82) is 0 Å². The number of guanidine groups is 1. The molecule has 0 saturated carbocycles. The molecule has 2 rings (SSSR count). The van der Waals surface area contributed by atoms with Gasteiger partial charge in [-0.25, -0.2) is 4.98 Å². The Morgan fingerprint density at radius 2 is 2.11 bits per heavy atom. The number of ether oxygens (including phenoxy) is 2. The van der Waals surface area contributed by atoms with Gasteiger partial charge in [0.15, 0.2) is 5.96 Å². The Hall–Kier alpha value is -2.12. The quantitative estimate of drug-likeness (QED) is 0.342. The van der Waals surface area contributed by atoms with Crippen molar-refractivity contribution in [2.45, 2.75) is 39.7 Å². The highest BCUT2D eigenvalue weighted by Gasteiger charge is 2.07. The first-order valence-electron chi connectivity index (χ1n) is 9.75. The second-order valence-corrected chi connectivity index (χ2v) is 7.68. The summed E-state index contributed by atoms with van der Waals surface area (Å²) >= 11 is 1.78. The molecule has 1 heterocycles. The van der Waals surface area contributed by atoms with E-state index in [4.69, 9.17) is 9.47 Å². The van der Waals surface area contributed by atoms with E-state index in [-0.39, 0.29) is 0 Å². The monoisotopic (exact) mass is 404 g/mol. The summed E-state index contributed by atoms with van der Waals surface area (Å²) < 4.78 is 11.0. The Kier molecular flexibility index (Phi) is 9.79. The maximum atomic E-state index is 5.95. The Labute approximate surface area is 172 Å². The third kappa shape index (κ3) is 7.48. The van der Waals surface area contributed by atoms with E-state index in [0.29, 0.717) is 19.8 Å². The Morgan fingerprint density at radius 1 is 1.25 bits per heavy atom. The third-order valence-corrected chi connectivity index (χ3v) is 5.43. The Balaban J connectivity index is 1.83. The van der Waals surface area contributed by atoms with Gasteiger partial charge < -0.3 is 20.1 Å². The lowest BCUT2D eigenvalue weighted by atomic mass is 10.1. The molecular weight excluding hydrogens is 372 g/mol. The van der Waals surface area contributed by atoms with Gasteiger partial charge >= 0.3 is 0 Å². The van der Waals surface area contributed by atoms with E-state index in [1.807, 2.05) is 6.20 Å². The first-order valence-corrected chi connectivity index (χ1v) is 10.6. The minimum atomic E-state index is 0.644. The number of thiazole rings is 1. The maximum Gasteiger partial charge on any atom is 0.191 e. The lowest BCUT2D eigenvalue weighted by Gasteiger charge is -2.15. The average molecular weight is 405 g/mol. The molecule has 6 nitrogen and oxygen atoms in total. The van der Waals surface area contributed by atoms with Crippen molar-refractivity contribution in [1.82, 2.24) is 15.6 Å². The van der Waals surface area contributed by atoms with Crippen LogP contribution in [-0.2, 0) is 24.1 Å². The smallest absolute Gasteiger partial charge is 0.191 e. The molecule has 2 N–H and O–H groups in total. The highest BCUT2D eigenvalue weighted by molar-refractivity contribution is 7.11. The molecule has 0 atom stereocenters. The lowest BCUT2D eigenvalue weighted by molar-refractivity contribution is 0.172. The van der Waals surface area contributed by atoms with E-state index >= 15 is 0 Å². The van der Waals surface area contributed by atoms with Gasteiger partial charge in [0.2, 0.25) is 0 Å². The number of aromatic nitrogens is 1. The van der Waals surface area contributed by atoms with Crippen molar-refractivity contribution in [2.24, 2.45) is 4.99 Å². The van der Waals surface area contributed by atoms with Crippen molar-refractivity contribution in [2.75, 3.05) is 33.9 Å². The van der Waals surface area contributed by atoms with E-state index in [1.54, 1.807) is 25.5 Å². The summed E-state index contributed by atoms with van der Waals surface area (Å²) in [5.74, 6) is 1.69. The van der Waals surface area contributed by atoms with Gasteiger partial charge in [0.1, 0.15) is 5.75 Å². The van der Waals surface area contributed by atoms with Crippen LogP contribution >= 0.6 is 11.3 Å². The molecule has 1 aromatic carbocycles. The van der Waals surface area contributed by atoms with E-state index in [0.717, 1.165) is 48.1 Å². The van der Waals surface area contributed by atoms with Gasteiger partial charge in [-0.2, -0.15) is 0 Å². The third-order valence-electron chi connectivity index (χ3n) is 4.22. The molecule has 154 valence electrons. The van der Waals surface area contributed by atoms with Crippen LogP contribution < -0.4 is 15.4 Å². The fraction of sp³-hybridized carbons (Fsp3) is 0.524. The zero-order valence-electron chi connectivity index (χ0n) is 17.4. The number of benzene rings is 1. The molecule has 0 unspecified atom stereocenters. The molecule has 0 aliphatic heterocycles. The number of nitrogens with one attached hydrogen (secondary N) is 2. The van der Waals surface area contributed by atoms with E-state index in [9.17, 15) is 0 Å². The van der Waals surface area contributed by atoms with Crippen LogP contribution in [0.5, 0.6) is 5.75 Å². The summed E-state index contributed by atoms with van der Waals surface area (Å²) in [5.41, 5.74) is 2.29. The van der Waals surface area contributed by atoms with Crippen LogP contribution in [0.4, 0.5) is 0 Å². The predicted molar refractivity (Wildman–Crippen MR) is 117 cm³/mol. The molecule has 0 amide bonds. The van der Waals surface area contributed by atoms with Gasteiger partial charge in [-0.1, -0.05) is 19.1 Å². The summed E-state index contributed by atoms with van der Waals surface area (Å²) in [6, 6.07) is 6.28. The topological polar surface area (TPSA) is 67.8 Å². The minimum absolute atomic E-state index is 0.644. The first-order chi connectivity index (χ1) is 13.7. The zero-order chi connectivity index (χ0) is 20.2. The zero-order valence-corrected chi connectivity index (χ0v) is 18.2. The summed E-state index contributed by atoms with van der Waals surface area (Å²) in [7, 11) is 3.49. The van der Waals surface area contributed by atoms with Gasteiger partial charge in [-0.3, -0.25) is 4.99 Å². The number of hydrogen-bond donors (Lipinski definition) is 2. The van der Waals surface area contributed by atoms with Gasteiger partial charge in [-0.15, -0.1) is 11.3 Å². The summed E-state index contributed by atoms with van der Waals surface area (Å²) in [4.78, 5) is 10.1.